The van der Waals surface area contributed by atoms with Gasteiger partial charge >= 0.3 is 0 Å². The number of nitrogens with zero attached hydrogens (tertiary/aromatic N) is 3. The van der Waals surface area contributed by atoms with Crippen molar-refractivity contribution in [1.29, 1.82) is 0 Å². The normalized spacial score (nSPS) is 20.6. The molecule has 3 aromatic rings. The van der Waals surface area contributed by atoms with Crippen molar-refractivity contribution >= 4 is 16.7 Å². The van der Waals surface area contributed by atoms with Gasteiger partial charge in [-0.05, 0) is 43.0 Å². The van der Waals surface area contributed by atoms with E-state index in [-0.39, 0.29) is 6.10 Å². The maximum absolute atomic E-state index is 6.38. The van der Waals surface area contributed by atoms with E-state index in [9.17, 15) is 0 Å². The number of benzene rings is 1. The first-order valence-corrected chi connectivity index (χ1v) is 10.2. The van der Waals surface area contributed by atoms with Gasteiger partial charge < -0.3 is 14.4 Å². The summed E-state index contributed by atoms with van der Waals surface area (Å²) in [5.74, 6) is 2.31. The highest BCUT2D eigenvalue weighted by molar-refractivity contribution is 5.80. The van der Waals surface area contributed by atoms with Crippen LogP contribution in [0.4, 0.5) is 5.82 Å². The van der Waals surface area contributed by atoms with Crippen LogP contribution >= 0.6 is 0 Å². The molecule has 2 aliphatic heterocycles. The number of fused-ring (bicyclic) bond motifs is 1. The maximum atomic E-state index is 6.38. The van der Waals surface area contributed by atoms with Crippen molar-refractivity contribution in [1.82, 2.24) is 9.97 Å². The van der Waals surface area contributed by atoms with E-state index in [0.717, 1.165) is 62.8 Å². The Morgan fingerprint density at radius 2 is 1.86 bits per heavy atom. The molecular weight excluding hydrogens is 350 g/mol. The smallest absolute Gasteiger partial charge is 0.217 e. The number of hydrogen-bond donors (Lipinski definition) is 0. The fraction of sp³-hybridized carbons (Fsp3) is 0.391. The summed E-state index contributed by atoms with van der Waals surface area (Å²) in [4.78, 5) is 11.7. The van der Waals surface area contributed by atoms with Gasteiger partial charge in [-0.2, -0.15) is 0 Å². The number of aromatic nitrogens is 2. The van der Waals surface area contributed by atoms with Crippen molar-refractivity contribution in [2.75, 3.05) is 31.2 Å². The summed E-state index contributed by atoms with van der Waals surface area (Å²) in [7, 11) is 0. The van der Waals surface area contributed by atoms with Gasteiger partial charge in [0.1, 0.15) is 11.9 Å². The minimum atomic E-state index is 0.141. The fourth-order valence-electron chi connectivity index (χ4n) is 4.24. The number of pyridine rings is 2. The molecule has 2 aliphatic rings. The standard InChI is InChI=1S/C23H25N3O2/c1-2-6-21-18(4-1)7-8-22(25-21)26-13-9-19(16-26)28-23-20(5-3-12-24-23)17-10-14-27-15-11-17/h1-8,12,17,19H,9-11,13-16H2. The molecular formula is C23H25N3O2. The predicted octanol–water partition coefficient (Wildman–Crippen LogP) is 4.18. The van der Waals surface area contributed by atoms with Crippen LogP contribution < -0.4 is 9.64 Å². The average Bonchev–Trinajstić information content (AvgIpc) is 3.23. The number of rotatable bonds is 4. The van der Waals surface area contributed by atoms with E-state index < -0.39 is 0 Å². The first kappa shape index (κ1) is 17.4. The van der Waals surface area contributed by atoms with Gasteiger partial charge in [0.05, 0.1) is 12.1 Å². The minimum absolute atomic E-state index is 0.141. The zero-order valence-corrected chi connectivity index (χ0v) is 16.0. The summed E-state index contributed by atoms with van der Waals surface area (Å²) in [5.41, 5.74) is 2.27. The van der Waals surface area contributed by atoms with E-state index >= 15 is 0 Å². The summed E-state index contributed by atoms with van der Waals surface area (Å²) in [6.45, 7) is 3.44. The monoisotopic (exact) mass is 375 g/mol. The molecule has 28 heavy (non-hydrogen) atoms. The Bertz CT molecular complexity index is 955. The Morgan fingerprint density at radius 3 is 2.79 bits per heavy atom. The van der Waals surface area contributed by atoms with E-state index in [4.69, 9.17) is 14.5 Å². The van der Waals surface area contributed by atoms with Crippen molar-refractivity contribution in [2.45, 2.75) is 31.3 Å². The second-order valence-electron chi connectivity index (χ2n) is 7.62. The van der Waals surface area contributed by atoms with E-state index in [1.54, 1.807) is 0 Å². The van der Waals surface area contributed by atoms with Crippen LogP contribution in [-0.2, 0) is 4.74 Å². The van der Waals surface area contributed by atoms with Crippen LogP contribution in [0.3, 0.4) is 0 Å². The van der Waals surface area contributed by atoms with Crippen molar-refractivity contribution in [3.63, 3.8) is 0 Å². The van der Waals surface area contributed by atoms with Crippen LogP contribution in [0.15, 0.2) is 54.7 Å². The van der Waals surface area contributed by atoms with Gasteiger partial charge in [-0.15, -0.1) is 0 Å². The Kier molecular flexibility index (Phi) is 4.83. The molecule has 144 valence electrons. The van der Waals surface area contributed by atoms with Crippen molar-refractivity contribution < 1.29 is 9.47 Å². The zero-order chi connectivity index (χ0) is 18.8. The van der Waals surface area contributed by atoms with Gasteiger partial charge in [0.2, 0.25) is 5.88 Å². The van der Waals surface area contributed by atoms with Crippen LogP contribution in [0.5, 0.6) is 5.88 Å². The number of para-hydroxylation sites is 1. The molecule has 5 heteroatoms. The topological polar surface area (TPSA) is 47.5 Å². The molecule has 1 aromatic carbocycles. The largest absolute Gasteiger partial charge is 0.472 e. The summed E-state index contributed by atoms with van der Waals surface area (Å²) in [5, 5.41) is 1.17. The molecule has 0 spiro atoms. The van der Waals surface area contributed by atoms with Crippen LogP contribution in [0.2, 0.25) is 0 Å². The Hall–Kier alpha value is -2.66. The molecule has 0 aliphatic carbocycles. The Balaban J connectivity index is 1.30. The van der Waals surface area contributed by atoms with Gasteiger partial charge in [-0.1, -0.05) is 24.3 Å². The van der Waals surface area contributed by atoms with E-state index in [0.29, 0.717) is 5.92 Å². The van der Waals surface area contributed by atoms with E-state index in [2.05, 4.69) is 40.2 Å². The van der Waals surface area contributed by atoms with Gasteiger partial charge in [-0.3, -0.25) is 0 Å². The summed E-state index contributed by atoms with van der Waals surface area (Å²) in [6, 6.07) is 16.7. The van der Waals surface area contributed by atoms with Gasteiger partial charge in [0.25, 0.3) is 0 Å². The molecule has 1 atom stereocenters. The van der Waals surface area contributed by atoms with Crippen molar-refractivity contribution in [3.05, 3.63) is 60.3 Å². The van der Waals surface area contributed by atoms with Gasteiger partial charge in [-0.25, -0.2) is 9.97 Å². The molecule has 0 N–H and O–H groups in total. The van der Waals surface area contributed by atoms with Crippen LogP contribution in [0, 0.1) is 0 Å². The SMILES string of the molecule is c1cnc(OC2CCN(c3ccc4ccccc4n3)C2)c(C2CCOCC2)c1. The molecule has 5 rings (SSSR count). The third-order valence-corrected chi connectivity index (χ3v) is 5.79. The molecule has 0 bridgehead atoms. The maximum Gasteiger partial charge on any atom is 0.217 e. The first-order chi connectivity index (χ1) is 13.9. The summed E-state index contributed by atoms with van der Waals surface area (Å²) >= 11 is 0. The second-order valence-corrected chi connectivity index (χ2v) is 7.62. The lowest BCUT2D eigenvalue weighted by Gasteiger charge is -2.25. The Morgan fingerprint density at radius 1 is 0.964 bits per heavy atom. The lowest BCUT2D eigenvalue weighted by Crippen LogP contribution is -2.26. The quantitative estimate of drug-likeness (QED) is 0.685. The predicted molar refractivity (Wildman–Crippen MR) is 110 cm³/mol. The summed E-state index contributed by atoms with van der Waals surface area (Å²) < 4.78 is 11.9. The van der Waals surface area contributed by atoms with Gasteiger partial charge in [0.15, 0.2) is 0 Å². The molecule has 5 nitrogen and oxygen atoms in total. The molecule has 2 saturated heterocycles. The lowest BCUT2D eigenvalue weighted by molar-refractivity contribution is 0.0840. The third kappa shape index (κ3) is 3.54. The molecule has 0 amide bonds. The molecule has 2 aromatic heterocycles. The fourth-order valence-corrected chi connectivity index (χ4v) is 4.24. The summed E-state index contributed by atoms with van der Waals surface area (Å²) in [6.07, 6.45) is 5.04. The number of hydrogen-bond acceptors (Lipinski definition) is 5. The molecule has 0 radical (unpaired) electrons. The van der Waals surface area contributed by atoms with Crippen molar-refractivity contribution in [2.24, 2.45) is 0 Å². The highest BCUT2D eigenvalue weighted by Crippen LogP contribution is 2.33. The molecule has 0 saturated carbocycles. The second kappa shape index (κ2) is 7.76. The Labute approximate surface area is 165 Å². The van der Waals surface area contributed by atoms with Crippen LogP contribution in [0.25, 0.3) is 10.9 Å². The molecule has 4 heterocycles. The van der Waals surface area contributed by atoms with Crippen LogP contribution in [0.1, 0.15) is 30.7 Å². The lowest BCUT2D eigenvalue weighted by atomic mass is 9.92. The molecule has 2 fully saturated rings. The van der Waals surface area contributed by atoms with E-state index in [1.807, 2.05) is 24.4 Å². The highest BCUT2D eigenvalue weighted by atomic mass is 16.5. The zero-order valence-electron chi connectivity index (χ0n) is 16.0. The number of anilines is 1. The number of ether oxygens (including phenoxy) is 2. The first-order valence-electron chi connectivity index (χ1n) is 10.2. The van der Waals surface area contributed by atoms with Gasteiger partial charge in [0, 0.05) is 43.3 Å². The van der Waals surface area contributed by atoms with Crippen LogP contribution in [-0.4, -0.2) is 42.4 Å². The van der Waals surface area contributed by atoms with E-state index in [1.165, 1.54) is 10.9 Å². The third-order valence-electron chi connectivity index (χ3n) is 5.79. The molecule has 1 unspecified atom stereocenters. The highest BCUT2D eigenvalue weighted by Gasteiger charge is 2.28. The minimum Gasteiger partial charge on any atom is -0.472 e. The van der Waals surface area contributed by atoms with Crippen molar-refractivity contribution in [3.8, 4) is 5.88 Å². The average molecular weight is 375 g/mol.